The number of aliphatic hydroxyl groups is 1. The van der Waals surface area contributed by atoms with E-state index in [0.717, 1.165) is 16.7 Å². The smallest absolute Gasteiger partial charge is 0.251 e. The largest absolute Gasteiger partial charge is 0.387 e. The Kier molecular flexibility index (Phi) is 6.71. The number of hydrogen-bond donors (Lipinski definition) is 3. The van der Waals surface area contributed by atoms with Gasteiger partial charge in [0.1, 0.15) is 0 Å². The average Bonchev–Trinajstić information content (AvgIpc) is 3.04. The van der Waals surface area contributed by atoms with E-state index < -0.39 is 23.2 Å². The number of nitrogens with one attached hydrogen (secondary N) is 1. The highest BCUT2D eigenvalue weighted by molar-refractivity contribution is 5.99. The van der Waals surface area contributed by atoms with Crippen LogP contribution in [0, 0.1) is 0 Å². The predicted octanol–water partition coefficient (Wildman–Crippen LogP) is 2.87. The molecule has 4 N–H and O–H groups in total. The Bertz CT molecular complexity index is 1160. The van der Waals surface area contributed by atoms with E-state index in [9.17, 15) is 14.7 Å². The first kappa shape index (κ1) is 24.9. The van der Waals surface area contributed by atoms with Gasteiger partial charge in [0.25, 0.3) is 5.91 Å². The number of nitrogens with zero attached hydrogens (tertiary/aromatic N) is 2. The van der Waals surface area contributed by atoms with Crippen LogP contribution in [0.4, 0.5) is 0 Å². The first-order chi connectivity index (χ1) is 16.5. The summed E-state index contributed by atoms with van der Waals surface area (Å²) >= 11 is 0. The van der Waals surface area contributed by atoms with E-state index >= 15 is 0 Å². The fourth-order valence-electron chi connectivity index (χ4n) is 5.13. The van der Waals surface area contributed by atoms with Crippen molar-refractivity contribution in [3.05, 3.63) is 70.8 Å². The Morgan fingerprint density at radius 3 is 2.69 bits per heavy atom. The second-order valence-electron chi connectivity index (χ2n) is 10.3. The van der Waals surface area contributed by atoms with E-state index in [4.69, 9.17) is 10.5 Å². The van der Waals surface area contributed by atoms with Crippen LogP contribution in [0.3, 0.4) is 0 Å². The van der Waals surface area contributed by atoms with Crippen LogP contribution in [0.25, 0.3) is 0 Å². The second kappa shape index (κ2) is 9.43. The molecule has 186 valence electrons. The molecular weight excluding hydrogens is 444 g/mol. The third-order valence-electron chi connectivity index (χ3n) is 6.77. The van der Waals surface area contributed by atoms with Crippen LogP contribution in [-0.4, -0.2) is 52.6 Å². The molecule has 8 nitrogen and oxygen atoms in total. The van der Waals surface area contributed by atoms with Crippen LogP contribution in [0.5, 0.6) is 0 Å². The molecule has 1 aliphatic carbocycles. The summed E-state index contributed by atoms with van der Waals surface area (Å²) in [6.45, 7) is 5.89. The van der Waals surface area contributed by atoms with Gasteiger partial charge in [0.05, 0.1) is 29.6 Å². The van der Waals surface area contributed by atoms with Gasteiger partial charge in [0, 0.05) is 25.7 Å². The third kappa shape index (κ3) is 5.09. The van der Waals surface area contributed by atoms with Crippen molar-refractivity contribution in [3.8, 4) is 0 Å². The maximum absolute atomic E-state index is 13.3. The van der Waals surface area contributed by atoms with Crippen LogP contribution in [0.1, 0.15) is 72.7 Å². The van der Waals surface area contributed by atoms with Gasteiger partial charge in [-0.1, -0.05) is 36.4 Å². The van der Waals surface area contributed by atoms with Gasteiger partial charge in [-0.25, -0.2) is 4.99 Å². The number of carbonyl (C=O) groups excluding carboxylic acids is 2. The minimum absolute atomic E-state index is 0.114. The molecule has 1 heterocycles. The number of nitrogens with two attached hydrogens (primary N) is 1. The van der Waals surface area contributed by atoms with E-state index in [-0.39, 0.29) is 24.2 Å². The van der Waals surface area contributed by atoms with E-state index in [0.29, 0.717) is 25.0 Å². The van der Waals surface area contributed by atoms with E-state index in [1.807, 2.05) is 44.2 Å². The molecule has 2 amide bonds. The summed E-state index contributed by atoms with van der Waals surface area (Å²) in [6.07, 6.45) is 1.21. The lowest BCUT2D eigenvalue weighted by Gasteiger charge is -2.38. The first-order valence-corrected chi connectivity index (χ1v) is 11.9. The third-order valence-corrected chi connectivity index (χ3v) is 6.77. The number of rotatable bonds is 7. The minimum atomic E-state index is -1.09. The maximum atomic E-state index is 13.3. The van der Waals surface area contributed by atoms with E-state index in [2.05, 4.69) is 10.3 Å². The molecule has 0 aromatic heterocycles. The van der Waals surface area contributed by atoms with E-state index in [1.54, 1.807) is 32.2 Å². The number of hydrogen-bond acceptors (Lipinski definition) is 6. The van der Waals surface area contributed by atoms with Crippen LogP contribution >= 0.6 is 0 Å². The quantitative estimate of drug-likeness (QED) is 0.566. The molecular formula is C27H34N4O4. The van der Waals surface area contributed by atoms with Crippen LogP contribution in [0.15, 0.2) is 53.5 Å². The summed E-state index contributed by atoms with van der Waals surface area (Å²) < 4.78 is 5.29. The predicted molar refractivity (Wildman–Crippen MR) is 134 cm³/mol. The van der Waals surface area contributed by atoms with Crippen molar-refractivity contribution in [1.82, 2.24) is 10.2 Å². The van der Waals surface area contributed by atoms with Gasteiger partial charge in [-0.3, -0.25) is 14.5 Å². The van der Waals surface area contributed by atoms with Crippen LogP contribution < -0.4 is 11.1 Å². The normalized spacial score (nSPS) is 24.0. The number of amides is 2. The maximum Gasteiger partial charge on any atom is 0.251 e. The van der Waals surface area contributed by atoms with Crippen LogP contribution in [-0.2, 0) is 16.0 Å². The van der Waals surface area contributed by atoms with Crippen LogP contribution in [0.2, 0.25) is 0 Å². The molecule has 0 fully saturated rings. The van der Waals surface area contributed by atoms with E-state index in [1.165, 1.54) is 4.90 Å². The van der Waals surface area contributed by atoms with Crippen molar-refractivity contribution in [1.29, 1.82) is 0 Å². The second-order valence-corrected chi connectivity index (χ2v) is 10.3. The summed E-state index contributed by atoms with van der Waals surface area (Å²) in [5, 5.41) is 14.0. The van der Waals surface area contributed by atoms with Crippen molar-refractivity contribution in [2.45, 2.75) is 63.3 Å². The van der Waals surface area contributed by atoms with Crippen molar-refractivity contribution < 1.29 is 19.4 Å². The monoisotopic (exact) mass is 478 g/mol. The molecule has 8 heteroatoms. The Hall–Kier alpha value is -3.23. The average molecular weight is 479 g/mol. The summed E-state index contributed by atoms with van der Waals surface area (Å²) in [7, 11) is 1.60. The fourth-order valence-corrected chi connectivity index (χ4v) is 5.13. The standard InChI is InChI=1S/C27H34N4O4/c1-26(2)16-22(32)31(25(28)30-26)21(12-13-35-4)17-9-7-10-18(14-17)24(33)29-23-20-11-6-5-8-19(20)15-27(23,3)34/h5-11,14,21,23,34H,12-13,15-16H2,1-4H3,(H2,28,30)(H,29,33)/t21?,23-,27+/m1/s1. The Morgan fingerprint density at radius 2 is 1.97 bits per heavy atom. The molecule has 2 aromatic carbocycles. The Morgan fingerprint density at radius 1 is 1.23 bits per heavy atom. The van der Waals surface area contributed by atoms with Gasteiger partial charge in [-0.2, -0.15) is 0 Å². The highest BCUT2D eigenvalue weighted by Crippen LogP contribution is 2.39. The number of guanidine groups is 1. The van der Waals surface area contributed by atoms with Crippen molar-refractivity contribution >= 4 is 17.8 Å². The molecule has 35 heavy (non-hydrogen) atoms. The summed E-state index contributed by atoms with van der Waals surface area (Å²) in [4.78, 5) is 32.4. The number of fused-ring (bicyclic) bond motifs is 1. The zero-order chi connectivity index (χ0) is 25.4. The van der Waals surface area contributed by atoms with Gasteiger partial charge in [-0.15, -0.1) is 0 Å². The highest BCUT2D eigenvalue weighted by atomic mass is 16.5. The molecule has 2 aliphatic rings. The van der Waals surface area contributed by atoms with Gasteiger partial charge in [-0.05, 0) is 56.0 Å². The molecule has 0 bridgehead atoms. The highest BCUT2D eigenvalue weighted by Gasteiger charge is 2.42. The van der Waals surface area contributed by atoms with Gasteiger partial charge >= 0.3 is 0 Å². The Balaban J connectivity index is 1.62. The summed E-state index contributed by atoms with van der Waals surface area (Å²) in [5.41, 5.74) is 7.75. The first-order valence-electron chi connectivity index (χ1n) is 11.9. The lowest BCUT2D eigenvalue weighted by Crippen LogP contribution is -2.51. The lowest BCUT2D eigenvalue weighted by atomic mass is 9.94. The zero-order valence-electron chi connectivity index (χ0n) is 20.7. The van der Waals surface area contributed by atoms with Gasteiger partial charge in [0.15, 0.2) is 5.96 Å². The molecule has 1 unspecified atom stereocenters. The molecule has 3 atom stereocenters. The number of carbonyl (C=O) groups is 2. The molecule has 0 saturated heterocycles. The number of benzene rings is 2. The minimum Gasteiger partial charge on any atom is -0.387 e. The molecule has 2 aromatic rings. The SMILES string of the molecule is COCCC(c1cccc(C(=O)N[C@@H]2c3ccccc3C[C@]2(C)O)c1)N1C(=O)CC(C)(C)N=C1N. The molecule has 0 saturated carbocycles. The number of methoxy groups -OCH3 is 1. The number of ether oxygens (including phenoxy) is 1. The molecule has 4 rings (SSSR count). The Labute approximate surface area is 206 Å². The molecule has 1 aliphatic heterocycles. The topological polar surface area (TPSA) is 117 Å². The van der Waals surface area contributed by atoms with Crippen molar-refractivity contribution in [3.63, 3.8) is 0 Å². The zero-order valence-corrected chi connectivity index (χ0v) is 20.7. The molecule has 0 spiro atoms. The van der Waals surface area contributed by atoms with Gasteiger partial charge in [0.2, 0.25) is 5.91 Å². The lowest BCUT2D eigenvalue weighted by molar-refractivity contribution is -0.131. The van der Waals surface area contributed by atoms with Crippen molar-refractivity contribution in [2.24, 2.45) is 10.7 Å². The van der Waals surface area contributed by atoms with Gasteiger partial charge < -0.3 is 20.9 Å². The summed E-state index contributed by atoms with van der Waals surface area (Å²) in [5.74, 6) is -0.245. The summed E-state index contributed by atoms with van der Waals surface area (Å²) in [6, 6.07) is 14.0. The van der Waals surface area contributed by atoms with Crippen molar-refractivity contribution in [2.75, 3.05) is 13.7 Å². The number of aliphatic imine (C=N–C) groups is 1. The molecule has 0 radical (unpaired) electrons. The fraction of sp³-hybridized carbons (Fsp3) is 0.444.